The molecule has 2 aromatic heterocycles. The first-order valence-corrected chi connectivity index (χ1v) is 9.42. The molecule has 10 heteroatoms. The molecular weight excluding hydrogens is 399 g/mol. The molecule has 0 saturated heterocycles. The Bertz CT molecular complexity index is 1050. The molecule has 0 bridgehead atoms. The molecule has 1 N–H and O–H groups in total. The Morgan fingerprint density at radius 3 is 2.80 bits per heavy atom. The fourth-order valence-electron chi connectivity index (χ4n) is 3.21. The van der Waals surface area contributed by atoms with Crippen molar-refractivity contribution in [1.29, 1.82) is 0 Å². The van der Waals surface area contributed by atoms with Crippen molar-refractivity contribution in [2.45, 2.75) is 38.0 Å². The van der Waals surface area contributed by atoms with Gasteiger partial charge < -0.3 is 10.1 Å². The number of methoxy groups -OCH3 is 1. The molecule has 1 aliphatic carbocycles. The van der Waals surface area contributed by atoms with Crippen LogP contribution in [0.25, 0.3) is 0 Å². The molecule has 1 saturated carbocycles. The average Bonchev–Trinajstić information content (AvgIpc) is 3.30. The van der Waals surface area contributed by atoms with E-state index < -0.39 is 17.8 Å². The molecule has 0 radical (unpaired) electrons. The lowest BCUT2D eigenvalue weighted by Crippen LogP contribution is -2.21. The molecule has 2 heterocycles. The third-order valence-corrected chi connectivity index (χ3v) is 4.79. The van der Waals surface area contributed by atoms with Gasteiger partial charge in [0.15, 0.2) is 5.69 Å². The second-order valence-corrected chi connectivity index (χ2v) is 7.21. The molecule has 1 fully saturated rings. The summed E-state index contributed by atoms with van der Waals surface area (Å²) in [6.07, 6.45) is 0.226. The summed E-state index contributed by atoms with van der Waals surface area (Å²) in [5.74, 6) is 0.304. The van der Waals surface area contributed by atoms with Crippen LogP contribution in [0.4, 0.5) is 18.9 Å². The molecule has 1 amide bonds. The lowest BCUT2D eigenvalue weighted by Gasteiger charge is -2.07. The number of hydrogen-bond donors (Lipinski definition) is 1. The van der Waals surface area contributed by atoms with Gasteiger partial charge in [-0.2, -0.15) is 23.4 Å². The summed E-state index contributed by atoms with van der Waals surface area (Å²) >= 11 is 0. The van der Waals surface area contributed by atoms with Gasteiger partial charge in [0, 0.05) is 17.8 Å². The third-order valence-electron chi connectivity index (χ3n) is 4.79. The first-order chi connectivity index (χ1) is 14.3. The van der Waals surface area contributed by atoms with Crippen LogP contribution in [0.3, 0.4) is 0 Å². The minimum Gasteiger partial charge on any atom is -0.497 e. The molecule has 1 aliphatic rings. The van der Waals surface area contributed by atoms with Crippen LogP contribution >= 0.6 is 0 Å². The minimum absolute atomic E-state index is 0.0343. The van der Waals surface area contributed by atoms with E-state index in [-0.39, 0.29) is 12.5 Å². The van der Waals surface area contributed by atoms with Crippen LogP contribution in [0, 0.1) is 0 Å². The number of hydrogen-bond acceptors (Lipinski definition) is 4. The maximum atomic E-state index is 13.0. The quantitative estimate of drug-likeness (QED) is 0.634. The number of anilines is 1. The van der Waals surface area contributed by atoms with Crippen LogP contribution in [0.1, 0.15) is 35.7 Å². The van der Waals surface area contributed by atoms with Crippen LogP contribution in [0.2, 0.25) is 0 Å². The summed E-state index contributed by atoms with van der Waals surface area (Å²) in [6.45, 7) is 0.190. The van der Waals surface area contributed by atoms with E-state index in [0.29, 0.717) is 17.9 Å². The van der Waals surface area contributed by atoms with Gasteiger partial charge in [-0.1, -0.05) is 12.1 Å². The van der Waals surface area contributed by atoms with Crippen molar-refractivity contribution in [2.75, 3.05) is 12.4 Å². The zero-order valence-corrected chi connectivity index (χ0v) is 16.2. The summed E-state index contributed by atoms with van der Waals surface area (Å²) in [5, 5.41) is 10.5. The second-order valence-electron chi connectivity index (χ2n) is 7.21. The fourth-order valence-corrected chi connectivity index (χ4v) is 3.21. The zero-order chi connectivity index (χ0) is 21.3. The molecule has 4 rings (SSSR count). The number of aromatic nitrogens is 4. The normalized spacial score (nSPS) is 14.0. The summed E-state index contributed by atoms with van der Waals surface area (Å²) in [6, 6.07) is 8.56. The number of rotatable bonds is 7. The van der Waals surface area contributed by atoms with Crippen molar-refractivity contribution >= 4 is 11.6 Å². The number of nitrogens with zero attached hydrogens (tertiary/aromatic N) is 4. The highest BCUT2D eigenvalue weighted by atomic mass is 19.4. The monoisotopic (exact) mass is 419 g/mol. The number of benzene rings is 1. The van der Waals surface area contributed by atoms with Crippen LogP contribution in [-0.4, -0.2) is 32.6 Å². The molecule has 0 aliphatic heterocycles. The van der Waals surface area contributed by atoms with Gasteiger partial charge in [-0.05, 0) is 36.6 Å². The van der Waals surface area contributed by atoms with E-state index in [9.17, 15) is 18.0 Å². The number of alkyl halides is 3. The number of carbonyl (C=O) groups excluding carboxylic acids is 1. The Kier molecular flexibility index (Phi) is 5.23. The summed E-state index contributed by atoms with van der Waals surface area (Å²) in [4.78, 5) is 12.4. The van der Waals surface area contributed by atoms with E-state index in [4.69, 9.17) is 4.74 Å². The van der Waals surface area contributed by atoms with Crippen molar-refractivity contribution < 1.29 is 22.7 Å². The number of halogens is 3. The fraction of sp³-hybridized carbons (Fsp3) is 0.350. The topological polar surface area (TPSA) is 74.0 Å². The van der Waals surface area contributed by atoms with Gasteiger partial charge in [-0.25, -0.2) is 0 Å². The van der Waals surface area contributed by atoms with Crippen molar-refractivity contribution in [1.82, 2.24) is 19.6 Å². The Labute approximate surface area is 170 Å². The molecule has 0 spiro atoms. The maximum absolute atomic E-state index is 13.0. The van der Waals surface area contributed by atoms with Crippen molar-refractivity contribution in [3.05, 3.63) is 59.7 Å². The smallest absolute Gasteiger partial charge is 0.435 e. The van der Waals surface area contributed by atoms with Crippen molar-refractivity contribution in [3.8, 4) is 5.75 Å². The van der Waals surface area contributed by atoms with E-state index in [2.05, 4.69) is 15.5 Å². The van der Waals surface area contributed by atoms with Crippen molar-refractivity contribution in [3.63, 3.8) is 0 Å². The summed E-state index contributed by atoms with van der Waals surface area (Å²) < 4.78 is 46.9. The molecule has 30 heavy (non-hydrogen) atoms. The lowest BCUT2D eigenvalue weighted by molar-refractivity contribution is -0.141. The van der Waals surface area contributed by atoms with Gasteiger partial charge in [-0.15, -0.1) is 0 Å². The Balaban J connectivity index is 1.41. The minimum atomic E-state index is -4.54. The Hall–Kier alpha value is -3.30. The van der Waals surface area contributed by atoms with Gasteiger partial charge in [-0.3, -0.25) is 14.2 Å². The molecule has 0 unspecified atom stereocenters. The molecule has 7 nitrogen and oxygen atoms in total. The predicted molar refractivity (Wildman–Crippen MR) is 102 cm³/mol. The number of amides is 1. The highest BCUT2D eigenvalue weighted by molar-refractivity contribution is 5.90. The van der Waals surface area contributed by atoms with Crippen LogP contribution < -0.4 is 10.1 Å². The molecule has 3 aromatic rings. The van der Waals surface area contributed by atoms with E-state index in [1.54, 1.807) is 18.0 Å². The first-order valence-electron chi connectivity index (χ1n) is 9.42. The largest absolute Gasteiger partial charge is 0.497 e. The molecule has 1 aromatic carbocycles. The van der Waals surface area contributed by atoms with E-state index in [0.717, 1.165) is 34.9 Å². The van der Waals surface area contributed by atoms with E-state index >= 15 is 0 Å². The standard InChI is InChI=1S/C20H20F3N5O2/c1-30-16-4-2-3-13(7-16)10-27-11-15(9-24-27)25-19(29)12-28-17(14-5-6-14)8-18(26-28)20(21,22)23/h2-4,7-9,11,14H,5-6,10,12H2,1H3,(H,25,29). The second kappa shape index (κ2) is 7.85. The number of carbonyl (C=O) groups is 1. The molecular formula is C20H20F3N5O2. The summed E-state index contributed by atoms with van der Waals surface area (Å²) in [5.41, 5.74) is 0.911. The van der Waals surface area contributed by atoms with Gasteiger partial charge in [0.1, 0.15) is 12.3 Å². The molecule has 158 valence electrons. The Morgan fingerprint density at radius 2 is 2.10 bits per heavy atom. The van der Waals surface area contributed by atoms with Crippen molar-refractivity contribution in [2.24, 2.45) is 0 Å². The lowest BCUT2D eigenvalue weighted by atomic mass is 10.2. The highest BCUT2D eigenvalue weighted by Crippen LogP contribution is 2.42. The maximum Gasteiger partial charge on any atom is 0.435 e. The highest BCUT2D eigenvalue weighted by Gasteiger charge is 2.38. The average molecular weight is 419 g/mol. The zero-order valence-electron chi connectivity index (χ0n) is 16.2. The summed E-state index contributed by atoms with van der Waals surface area (Å²) in [7, 11) is 1.59. The Morgan fingerprint density at radius 1 is 1.30 bits per heavy atom. The van der Waals surface area contributed by atoms with Gasteiger partial charge in [0.2, 0.25) is 5.91 Å². The van der Waals surface area contributed by atoms with Gasteiger partial charge in [0.05, 0.1) is 25.5 Å². The SMILES string of the molecule is COc1cccc(Cn2cc(NC(=O)Cn3nc(C(F)(F)F)cc3C3CC3)cn2)c1. The van der Waals surface area contributed by atoms with Gasteiger partial charge >= 0.3 is 6.18 Å². The third kappa shape index (κ3) is 4.64. The van der Waals surface area contributed by atoms with Crippen LogP contribution in [0.5, 0.6) is 5.75 Å². The number of nitrogens with one attached hydrogen (secondary N) is 1. The predicted octanol–water partition coefficient (Wildman–Crippen LogP) is 3.67. The van der Waals surface area contributed by atoms with Crippen LogP contribution in [0.15, 0.2) is 42.7 Å². The first kappa shape index (κ1) is 20.0. The van der Waals surface area contributed by atoms with E-state index in [1.807, 2.05) is 24.3 Å². The molecule has 0 atom stereocenters. The number of ether oxygens (including phenoxy) is 1. The van der Waals surface area contributed by atoms with Gasteiger partial charge in [0.25, 0.3) is 0 Å². The van der Waals surface area contributed by atoms with Crippen LogP contribution in [-0.2, 0) is 24.1 Å². The van der Waals surface area contributed by atoms with E-state index in [1.165, 1.54) is 6.20 Å².